The van der Waals surface area contributed by atoms with E-state index in [-0.39, 0.29) is 10.6 Å². The lowest BCUT2D eigenvalue weighted by atomic mass is 10.3. The summed E-state index contributed by atoms with van der Waals surface area (Å²) in [6, 6.07) is 1.43. The molecule has 0 aliphatic heterocycles. The Morgan fingerprint density at radius 3 is 2.67 bits per heavy atom. The van der Waals surface area contributed by atoms with Crippen LogP contribution >= 0.6 is 11.3 Å². The third kappa shape index (κ3) is 4.36. The highest BCUT2D eigenvalue weighted by molar-refractivity contribution is 7.12. The van der Waals surface area contributed by atoms with Crippen LogP contribution in [0.3, 0.4) is 0 Å². The third-order valence-corrected chi connectivity index (χ3v) is 2.84. The van der Waals surface area contributed by atoms with Gasteiger partial charge in [-0.15, -0.1) is 11.3 Å². The topological polar surface area (TPSA) is 55.4 Å². The highest BCUT2D eigenvalue weighted by Crippen LogP contribution is 2.25. The van der Waals surface area contributed by atoms with E-state index in [1.54, 1.807) is 0 Å². The lowest BCUT2D eigenvalue weighted by Gasteiger charge is -2.07. The van der Waals surface area contributed by atoms with Crippen LogP contribution in [-0.4, -0.2) is 25.2 Å². The summed E-state index contributed by atoms with van der Waals surface area (Å²) in [7, 11) is 1.18. The number of methoxy groups -OCH3 is 1. The molecule has 1 amide bonds. The minimum Gasteiger partial charge on any atom is -0.465 e. The van der Waals surface area contributed by atoms with Gasteiger partial charge >= 0.3 is 12.1 Å². The molecule has 0 unspecified atom stereocenters. The van der Waals surface area contributed by atoms with Crippen molar-refractivity contribution in [3.8, 4) is 0 Å². The quantitative estimate of drug-likeness (QED) is 0.863. The molecule has 1 rings (SSSR count). The number of anilines is 1. The van der Waals surface area contributed by atoms with Crippen molar-refractivity contribution in [1.82, 2.24) is 0 Å². The molecule has 0 aliphatic carbocycles. The van der Waals surface area contributed by atoms with Crippen molar-refractivity contribution < 1.29 is 27.5 Å². The summed E-state index contributed by atoms with van der Waals surface area (Å²) in [4.78, 5) is 22.7. The first-order valence-corrected chi connectivity index (χ1v) is 5.74. The summed E-state index contributed by atoms with van der Waals surface area (Å²) >= 11 is 1.04. The molecule has 1 N–H and O–H groups in total. The molecule has 0 aliphatic rings. The van der Waals surface area contributed by atoms with E-state index in [1.807, 2.05) is 0 Å². The number of carbonyl (C=O) groups excluding carboxylic acids is 2. The van der Waals surface area contributed by atoms with Crippen molar-refractivity contribution in [2.45, 2.75) is 19.0 Å². The van der Waals surface area contributed by atoms with Crippen LogP contribution in [0, 0.1) is 0 Å². The van der Waals surface area contributed by atoms with E-state index in [0.717, 1.165) is 11.3 Å². The number of nitrogens with one attached hydrogen (secondary N) is 1. The molecule has 0 bridgehead atoms. The Hall–Kier alpha value is -1.57. The van der Waals surface area contributed by atoms with Crippen molar-refractivity contribution in [3.63, 3.8) is 0 Å². The summed E-state index contributed by atoms with van der Waals surface area (Å²) in [6.45, 7) is 0. The van der Waals surface area contributed by atoms with Gasteiger partial charge in [0.05, 0.1) is 19.2 Å². The zero-order valence-electron chi connectivity index (χ0n) is 9.34. The molecule has 1 aromatic heterocycles. The number of hydrogen-bond acceptors (Lipinski definition) is 4. The van der Waals surface area contributed by atoms with E-state index < -0.39 is 30.9 Å². The van der Waals surface area contributed by atoms with Crippen LogP contribution in [0.15, 0.2) is 11.4 Å². The van der Waals surface area contributed by atoms with Gasteiger partial charge in [0.15, 0.2) is 0 Å². The smallest absolute Gasteiger partial charge is 0.389 e. The maximum atomic E-state index is 11.9. The number of hydrogen-bond donors (Lipinski definition) is 1. The molecular formula is C10H10F3NO3S. The van der Waals surface area contributed by atoms with Crippen LogP contribution in [0.1, 0.15) is 22.5 Å². The summed E-state index contributed by atoms with van der Waals surface area (Å²) in [6.07, 6.45) is -6.26. The number of thiophene rings is 1. The number of rotatable bonds is 4. The summed E-state index contributed by atoms with van der Waals surface area (Å²) < 4.78 is 40.2. The predicted molar refractivity (Wildman–Crippen MR) is 59.6 cm³/mol. The summed E-state index contributed by atoms with van der Waals surface area (Å²) in [5, 5.41) is 3.78. The molecule has 8 heteroatoms. The van der Waals surface area contributed by atoms with Gasteiger partial charge in [-0.3, -0.25) is 4.79 Å². The van der Waals surface area contributed by atoms with Crippen molar-refractivity contribution in [1.29, 1.82) is 0 Å². The molecule has 0 saturated carbocycles. The first kappa shape index (κ1) is 14.5. The Morgan fingerprint density at radius 2 is 2.11 bits per heavy atom. The van der Waals surface area contributed by atoms with Crippen LogP contribution in [0.25, 0.3) is 0 Å². The van der Waals surface area contributed by atoms with E-state index >= 15 is 0 Å². The fraction of sp³-hybridized carbons (Fsp3) is 0.400. The lowest BCUT2D eigenvalue weighted by Crippen LogP contribution is -2.17. The van der Waals surface area contributed by atoms with Gasteiger partial charge in [0.1, 0.15) is 4.88 Å². The van der Waals surface area contributed by atoms with E-state index in [4.69, 9.17) is 0 Å². The molecule has 1 aromatic rings. The van der Waals surface area contributed by atoms with E-state index in [2.05, 4.69) is 10.1 Å². The Labute approximate surface area is 105 Å². The standard InChI is InChI=1S/C10H10F3NO3S/c1-17-9(16)8-6(3-5-18-8)14-7(15)2-4-10(11,12)13/h3,5H,2,4H2,1H3,(H,14,15). The van der Waals surface area contributed by atoms with E-state index in [0.29, 0.717) is 0 Å². The molecule has 4 nitrogen and oxygen atoms in total. The fourth-order valence-electron chi connectivity index (χ4n) is 1.13. The van der Waals surface area contributed by atoms with Gasteiger partial charge in [-0.1, -0.05) is 0 Å². The summed E-state index contributed by atoms with van der Waals surface area (Å²) in [5.41, 5.74) is 0.166. The normalized spacial score (nSPS) is 11.1. The van der Waals surface area contributed by atoms with Gasteiger partial charge in [0.25, 0.3) is 0 Å². The molecule has 1 heterocycles. The average Bonchev–Trinajstić information content (AvgIpc) is 2.72. The first-order valence-electron chi connectivity index (χ1n) is 4.86. The molecule has 18 heavy (non-hydrogen) atoms. The van der Waals surface area contributed by atoms with E-state index in [1.165, 1.54) is 18.6 Å². The number of esters is 1. The van der Waals surface area contributed by atoms with Gasteiger partial charge in [-0.05, 0) is 11.4 Å². The average molecular weight is 281 g/mol. The van der Waals surface area contributed by atoms with Gasteiger partial charge < -0.3 is 10.1 Å². The van der Waals surface area contributed by atoms with Gasteiger partial charge in [-0.2, -0.15) is 13.2 Å². The molecular weight excluding hydrogens is 271 g/mol. The monoisotopic (exact) mass is 281 g/mol. The Morgan fingerprint density at radius 1 is 1.44 bits per heavy atom. The minimum absolute atomic E-state index is 0.151. The van der Waals surface area contributed by atoms with Crippen LogP contribution in [0.2, 0.25) is 0 Å². The Bertz CT molecular complexity index is 442. The zero-order chi connectivity index (χ0) is 13.8. The second-order valence-electron chi connectivity index (χ2n) is 3.32. The molecule has 100 valence electrons. The second-order valence-corrected chi connectivity index (χ2v) is 4.23. The van der Waals surface area contributed by atoms with Crippen molar-refractivity contribution >= 4 is 28.9 Å². The van der Waals surface area contributed by atoms with Crippen molar-refractivity contribution in [3.05, 3.63) is 16.3 Å². The molecule has 0 spiro atoms. The van der Waals surface area contributed by atoms with Crippen LogP contribution in [-0.2, 0) is 9.53 Å². The maximum Gasteiger partial charge on any atom is 0.389 e. The Kier molecular flexibility index (Phi) is 4.71. The first-order chi connectivity index (χ1) is 8.33. The molecule has 0 fully saturated rings. The third-order valence-electron chi connectivity index (χ3n) is 1.95. The second kappa shape index (κ2) is 5.85. The van der Waals surface area contributed by atoms with Crippen molar-refractivity contribution in [2.24, 2.45) is 0 Å². The van der Waals surface area contributed by atoms with Crippen molar-refractivity contribution in [2.75, 3.05) is 12.4 Å². The predicted octanol–water partition coefficient (Wildman–Crippen LogP) is 2.82. The van der Waals surface area contributed by atoms with Crippen LogP contribution in [0.4, 0.5) is 18.9 Å². The highest BCUT2D eigenvalue weighted by atomic mass is 32.1. The zero-order valence-corrected chi connectivity index (χ0v) is 10.2. The molecule has 0 radical (unpaired) electrons. The van der Waals surface area contributed by atoms with Gasteiger partial charge in [-0.25, -0.2) is 4.79 Å². The number of carbonyl (C=O) groups is 2. The minimum atomic E-state index is -4.38. The molecule has 0 aromatic carbocycles. The summed E-state index contributed by atoms with van der Waals surface area (Å²) in [5.74, 6) is -1.44. The van der Waals surface area contributed by atoms with Crippen LogP contribution < -0.4 is 5.32 Å². The number of amides is 1. The highest BCUT2D eigenvalue weighted by Gasteiger charge is 2.28. The lowest BCUT2D eigenvalue weighted by molar-refractivity contribution is -0.142. The van der Waals surface area contributed by atoms with Gasteiger partial charge in [0, 0.05) is 6.42 Å². The maximum absolute atomic E-state index is 11.9. The Balaban J connectivity index is 2.60. The SMILES string of the molecule is COC(=O)c1sccc1NC(=O)CCC(F)(F)F. The largest absolute Gasteiger partial charge is 0.465 e. The van der Waals surface area contributed by atoms with Gasteiger partial charge in [0.2, 0.25) is 5.91 Å². The number of ether oxygens (including phenoxy) is 1. The number of halogens is 3. The fourth-order valence-corrected chi connectivity index (χ4v) is 1.89. The van der Waals surface area contributed by atoms with E-state index in [9.17, 15) is 22.8 Å². The van der Waals surface area contributed by atoms with Crippen LogP contribution in [0.5, 0.6) is 0 Å². The number of alkyl halides is 3. The molecule has 0 saturated heterocycles. The molecule has 0 atom stereocenters.